The molecular formula is C9H18N2O. The Kier molecular flexibility index (Phi) is 3.53. The van der Waals surface area contributed by atoms with Crippen LogP contribution in [0.15, 0.2) is 0 Å². The fourth-order valence-corrected chi connectivity index (χ4v) is 1.66. The lowest BCUT2D eigenvalue weighted by Gasteiger charge is -2.30. The lowest BCUT2D eigenvalue weighted by atomic mass is 10.4. The molecule has 0 unspecified atom stereocenters. The average Bonchev–Trinajstić information content (AvgIpc) is 2.58. The van der Waals surface area contributed by atoms with Gasteiger partial charge in [-0.2, -0.15) is 0 Å². The van der Waals surface area contributed by atoms with Crippen LogP contribution in [-0.4, -0.2) is 35.6 Å². The molecule has 3 nitrogen and oxygen atoms in total. The van der Waals surface area contributed by atoms with Crippen LogP contribution >= 0.6 is 0 Å². The van der Waals surface area contributed by atoms with Crippen LogP contribution < -0.4 is 0 Å². The summed E-state index contributed by atoms with van der Waals surface area (Å²) in [4.78, 5) is 11.4. The minimum absolute atomic E-state index is 0.249. The third-order valence-electron chi connectivity index (χ3n) is 2.31. The average molecular weight is 170 g/mol. The Labute approximate surface area is 74.3 Å². The summed E-state index contributed by atoms with van der Waals surface area (Å²) in [5.74, 6) is 0.249. The molecule has 0 atom stereocenters. The van der Waals surface area contributed by atoms with E-state index >= 15 is 0 Å². The van der Waals surface area contributed by atoms with Gasteiger partial charge in [0.2, 0.25) is 5.91 Å². The predicted molar refractivity (Wildman–Crippen MR) is 48.5 cm³/mol. The Morgan fingerprint density at radius 1 is 1.33 bits per heavy atom. The molecule has 0 aromatic heterocycles. The molecule has 0 spiro atoms. The van der Waals surface area contributed by atoms with Gasteiger partial charge in [0.25, 0.3) is 0 Å². The molecule has 1 heterocycles. The second-order valence-corrected chi connectivity index (χ2v) is 3.12. The van der Waals surface area contributed by atoms with Gasteiger partial charge in [0, 0.05) is 26.1 Å². The van der Waals surface area contributed by atoms with Crippen molar-refractivity contribution in [3.05, 3.63) is 0 Å². The van der Waals surface area contributed by atoms with Gasteiger partial charge in [0.05, 0.1) is 0 Å². The molecule has 1 rings (SSSR count). The Hall–Kier alpha value is -0.570. The number of hydrogen-bond donors (Lipinski definition) is 0. The van der Waals surface area contributed by atoms with Crippen LogP contribution in [0.1, 0.15) is 33.1 Å². The second kappa shape index (κ2) is 4.45. The highest BCUT2D eigenvalue weighted by molar-refractivity contribution is 5.75. The van der Waals surface area contributed by atoms with Crippen LogP contribution in [0.2, 0.25) is 0 Å². The first kappa shape index (κ1) is 9.52. The smallest absolute Gasteiger partial charge is 0.236 e. The molecule has 0 N–H and O–H groups in total. The maximum Gasteiger partial charge on any atom is 0.236 e. The number of nitrogens with zero attached hydrogens (tertiary/aromatic N) is 2. The van der Waals surface area contributed by atoms with E-state index in [1.165, 1.54) is 12.8 Å². The third kappa shape index (κ3) is 1.97. The van der Waals surface area contributed by atoms with E-state index in [4.69, 9.17) is 0 Å². The van der Waals surface area contributed by atoms with E-state index in [0.29, 0.717) is 6.42 Å². The summed E-state index contributed by atoms with van der Waals surface area (Å²) >= 11 is 0. The van der Waals surface area contributed by atoms with Crippen LogP contribution in [0.5, 0.6) is 0 Å². The van der Waals surface area contributed by atoms with Gasteiger partial charge in [-0.1, -0.05) is 6.92 Å². The molecule has 0 aliphatic carbocycles. The van der Waals surface area contributed by atoms with E-state index in [1.807, 2.05) is 18.9 Å². The number of carbonyl (C=O) groups excluding carboxylic acids is 1. The monoisotopic (exact) mass is 170 g/mol. The highest BCUT2D eigenvalue weighted by atomic mass is 16.2. The quantitative estimate of drug-likeness (QED) is 0.636. The summed E-state index contributed by atoms with van der Waals surface area (Å²) in [6.07, 6.45) is 3.07. The zero-order chi connectivity index (χ0) is 8.97. The Bertz CT molecular complexity index is 153. The minimum atomic E-state index is 0.249. The first-order chi connectivity index (χ1) is 5.79. The van der Waals surface area contributed by atoms with E-state index < -0.39 is 0 Å². The van der Waals surface area contributed by atoms with Crippen molar-refractivity contribution in [2.24, 2.45) is 0 Å². The fourth-order valence-electron chi connectivity index (χ4n) is 1.66. The van der Waals surface area contributed by atoms with Gasteiger partial charge in [0.1, 0.15) is 0 Å². The van der Waals surface area contributed by atoms with Crippen LogP contribution in [0.25, 0.3) is 0 Å². The van der Waals surface area contributed by atoms with Crippen molar-refractivity contribution in [1.82, 2.24) is 10.0 Å². The molecular weight excluding hydrogens is 152 g/mol. The van der Waals surface area contributed by atoms with Crippen molar-refractivity contribution in [2.75, 3.05) is 19.6 Å². The van der Waals surface area contributed by atoms with Crippen molar-refractivity contribution in [1.29, 1.82) is 0 Å². The summed E-state index contributed by atoms with van der Waals surface area (Å²) in [5.41, 5.74) is 0. The third-order valence-corrected chi connectivity index (χ3v) is 2.31. The largest absolute Gasteiger partial charge is 0.276 e. The first-order valence-electron chi connectivity index (χ1n) is 4.84. The Balaban J connectivity index is 2.48. The zero-order valence-electron chi connectivity index (χ0n) is 8.05. The molecule has 0 aromatic rings. The van der Waals surface area contributed by atoms with E-state index in [9.17, 15) is 4.79 Å². The molecule has 1 saturated heterocycles. The number of rotatable bonds is 3. The summed E-state index contributed by atoms with van der Waals surface area (Å²) < 4.78 is 0. The summed E-state index contributed by atoms with van der Waals surface area (Å²) in [7, 11) is 0. The zero-order valence-corrected chi connectivity index (χ0v) is 8.05. The second-order valence-electron chi connectivity index (χ2n) is 3.12. The topological polar surface area (TPSA) is 23.6 Å². The maximum absolute atomic E-state index is 11.4. The van der Waals surface area contributed by atoms with Crippen molar-refractivity contribution < 1.29 is 4.79 Å². The lowest BCUT2D eigenvalue weighted by molar-refractivity contribution is -0.146. The summed E-state index contributed by atoms with van der Waals surface area (Å²) in [5, 5.41) is 4.05. The molecule has 0 saturated carbocycles. The molecule has 3 heteroatoms. The van der Waals surface area contributed by atoms with Gasteiger partial charge in [0.15, 0.2) is 0 Å². The van der Waals surface area contributed by atoms with E-state index in [2.05, 4.69) is 5.01 Å². The van der Waals surface area contributed by atoms with Crippen LogP contribution in [0.4, 0.5) is 0 Å². The van der Waals surface area contributed by atoms with E-state index in [-0.39, 0.29) is 5.91 Å². The minimum Gasteiger partial charge on any atom is -0.276 e. The van der Waals surface area contributed by atoms with Gasteiger partial charge >= 0.3 is 0 Å². The molecule has 1 fully saturated rings. The summed E-state index contributed by atoms with van der Waals surface area (Å²) in [6.45, 7) is 6.87. The molecule has 1 aliphatic heterocycles. The van der Waals surface area contributed by atoms with Crippen LogP contribution in [0, 0.1) is 0 Å². The fraction of sp³-hybridized carbons (Fsp3) is 0.889. The van der Waals surface area contributed by atoms with Crippen molar-refractivity contribution in [3.8, 4) is 0 Å². The standard InChI is InChI=1S/C9H18N2O/c1-3-9(12)11(4-2)10-7-5-6-8-10/h3-8H2,1-2H3. The Morgan fingerprint density at radius 3 is 2.33 bits per heavy atom. The van der Waals surface area contributed by atoms with Crippen molar-refractivity contribution >= 4 is 5.91 Å². The molecule has 1 aliphatic rings. The molecule has 0 bridgehead atoms. The first-order valence-corrected chi connectivity index (χ1v) is 4.84. The van der Waals surface area contributed by atoms with E-state index in [1.54, 1.807) is 0 Å². The Morgan fingerprint density at radius 2 is 1.92 bits per heavy atom. The van der Waals surface area contributed by atoms with Gasteiger partial charge in [-0.25, -0.2) is 5.01 Å². The highest BCUT2D eigenvalue weighted by Crippen LogP contribution is 2.11. The van der Waals surface area contributed by atoms with Crippen molar-refractivity contribution in [2.45, 2.75) is 33.1 Å². The summed E-state index contributed by atoms with van der Waals surface area (Å²) in [6, 6.07) is 0. The molecule has 12 heavy (non-hydrogen) atoms. The maximum atomic E-state index is 11.4. The molecule has 0 radical (unpaired) electrons. The lowest BCUT2D eigenvalue weighted by Crippen LogP contribution is -2.44. The molecule has 70 valence electrons. The van der Waals surface area contributed by atoms with Gasteiger partial charge in [-0.05, 0) is 19.8 Å². The number of hydrazine groups is 1. The van der Waals surface area contributed by atoms with Crippen LogP contribution in [0.3, 0.4) is 0 Å². The van der Waals surface area contributed by atoms with Gasteiger partial charge in [-0.15, -0.1) is 0 Å². The molecule has 0 aromatic carbocycles. The predicted octanol–water partition coefficient (Wildman–Crippen LogP) is 1.26. The van der Waals surface area contributed by atoms with E-state index in [0.717, 1.165) is 19.6 Å². The van der Waals surface area contributed by atoms with Gasteiger partial charge in [-0.3, -0.25) is 9.80 Å². The molecule has 1 amide bonds. The number of hydrogen-bond acceptors (Lipinski definition) is 2. The SMILES string of the molecule is CCC(=O)N(CC)N1CCCC1. The van der Waals surface area contributed by atoms with Crippen LogP contribution in [-0.2, 0) is 4.79 Å². The number of carbonyl (C=O) groups is 1. The van der Waals surface area contributed by atoms with Gasteiger partial charge < -0.3 is 0 Å². The highest BCUT2D eigenvalue weighted by Gasteiger charge is 2.20. The number of amides is 1. The normalized spacial score (nSPS) is 18.2. The van der Waals surface area contributed by atoms with Crippen molar-refractivity contribution in [3.63, 3.8) is 0 Å².